The fourth-order valence-corrected chi connectivity index (χ4v) is 5.04. The standard InChI is InChI=1S/C20H31ClN4OS.HI/c1-2-22-20(23-12-10-17-8-9-18(21)27-17)24-16-11-13-25(14-16)19(26)15-6-4-3-5-7-15;/h8-9,15-16H,2-7,10-14H2,1H3,(H2,22,23,24);1H. The molecule has 2 aliphatic rings. The topological polar surface area (TPSA) is 56.7 Å². The van der Waals surface area contributed by atoms with Crippen LogP contribution in [0.15, 0.2) is 17.1 Å². The molecule has 0 spiro atoms. The average molecular weight is 539 g/mol. The van der Waals surface area contributed by atoms with E-state index in [1.54, 1.807) is 11.3 Å². The summed E-state index contributed by atoms with van der Waals surface area (Å²) < 4.78 is 0.827. The molecule has 1 saturated heterocycles. The number of carbonyl (C=O) groups excluding carboxylic acids is 1. The van der Waals surface area contributed by atoms with Gasteiger partial charge in [0, 0.05) is 49.4 Å². The van der Waals surface area contributed by atoms with Gasteiger partial charge < -0.3 is 15.5 Å². The SMILES string of the molecule is CCNC(=NCCc1ccc(Cl)s1)NC1CCN(C(=O)C2CCCCC2)C1.I. The van der Waals surface area contributed by atoms with Crippen LogP contribution in [0.5, 0.6) is 0 Å². The van der Waals surface area contributed by atoms with Crippen LogP contribution in [0, 0.1) is 5.92 Å². The van der Waals surface area contributed by atoms with E-state index in [0.29, 0.717) is 5.91 Å². The Morgan fingerprint density at radius 1 is 1.29 bits per heavy atom. The van der Waals surface area contributed by atoms with Crippen molar-refractivity contribution in [2.45, 2.75) is 57.9 Å². The highest BCUT2D eigenvalue weighted by molar-refractivity contribution is 14.0. The molecule has 3 rings (SSSR count). The highest BCUT2D eigenvalue weighted by Crippen LogP contribution is 2.27. The van der Waals surface area contributed by atoms with E-state index in [2.05, 4.69) is 28.5 Å². The Morgan fingerprint density at radius 2 is 2.07 bits per heavy atom. The molecular weight excluding hydrogens is 507 g/mol. The molecule has 1 saturated carbocycles. The largest absolute Gasteiger partial charge is 0.357 e. The predicted octanol–water partition coefficient (Wildman–Crippen LogP) is 4.30. The number of aliphatic imine (C=N–C) groups is 1. The summed E-state index contributed by atoms with van der Waals surface area (Å²) in [4.78, 5) is 20.7. The fourth-order valence-electron chi connectivity index (χ4n) is 3.96. The summed E-state index contributed by atoms with van der Waals surface area (Å²) in [5, 5.41) is 6.84. The minimum atomic E-state index is 0. The number of hydrogen-bond acceptors (Lipinski definition) is 3. The van der Waals surface area contributed by atoms with Crippen molar-refractivity contribution in [3.05, 3.63) is 21.3 Å². The van der Waals surface area contributed by atoms with Gasteiger partial charge >= 0.3 is 0 Å². The second-order valence-electron chi connectivity index (χ2n) is 7.47. The third-order valence-electron chi connectivity index (χ3n) is 5.40. The van der Waals surface area contributed by atoms with Crippen LogP contribution in [-0.2, 0) is 11.2 Å². The Bertz CT molecular complexity index is 648. The van der Waals surface area contributed by atoms with Crippen LogP contribution in [0.3, 0.4) is 0 Å². The van der Waals surface area contributed by atoms with E-state index < -0.39 is 0 Å². The smallest absolute Gasteiger partial charge is 0.225 e. The molecule has 8 heteroatoms. The molecule has 1 unspecified atom stereocenters. The molecule has 1 amide bonds. The maximum Gasteiger partial charge on any atom is 0.225 e. The molecule has 1 aromatic heterocycles. The number of likely N-dealkylation sites (tertiary alicyclic amines) is 1. The van der Waals surface area contributed by atoms with Gasteiger partial charge in [0.25, 0.3) is 0 Å². The lowest BCUT2D eigenvalue weighted by Crippen LogP contribution is -2.45. The summed E-state index contributed by atoms with van der Waals surface area (Å²) in [6, 6.07) is 4.28. The van der Waals surface area contributed by atoms with Crippen LogP contribution in [0.2, 0.25) is 4.34 Å². The third kappa shape index (κ3) is 7.06. The molecule has 0 bridgehead atoms. The van der Waals surface area contributed by atoms with Gasteiger partial charge in [-0.1, -0.05) is 30.9 Å². The van der Waals surface area contributed by atoms with Gasteiger partial charge in [0.1, 0.15) is 0 Å². The van der Waals surface area contributed by atoms with E-state index >= 15 is 0 Å². The van der Waals surface area contributed by atoms with Crippen molar-refractivity contribution in [2.24, 2.45) is 10.9 Å². The monoisotopic (exact) mass is 538 g/mol. The summed E-state index contributed by atoms with van der Waals surface area (Å²) in [5.41, 5.74) is 0. The van der Waals surface area contributed by atoms with Crippen LogP contribution in [0.4, 0.5) is 0 Å². The molecule has 1 aromatic rings. The Hall–Kier alpha value is -0.540. The Labute approximate surface area is 194 Å². The van der Waals surface area contributed by atoms with Gasteiger partial charge in [-0.15, -0.1) is 35.3 Å². The van der Waals surface area contributed by atoms with Gasteiger partial charge in [-0.05, 0) is 38.3 Å². The van der Waals surface area contributed by atoms with E-state index in [1.807, 2.05) is 6.07 Å². The number of rotatable bonds is 6. The van der Waals surface area contributed by atoms with Gasteiger partial charge in [0.05, 0.1) is 4.34 Å². The molecule has 0 aromatic carbocycles. The molecule has 28 heavy (non-hydrogen) atoms. The first-order chi connectivity index (χ1) is 13.2. The highest BCUT2D eigenvalue weighted by atomic mass is 127. The fraction of sp³-hybridized carbons (Fsp3) is 0.700. The van der Waals surface area contributed by atoms with Crippen LogP contribution >= 0.6 is 46.9 Å². The number of amides is 1. The molecule has 5 nitrogen and oxygen atoms in total. The zero-order valence-electron chi connectivity index (χ0n) is 16.6. The van der Waals surface area contributed by atoms with E-state index in [0.717, 1.165) is 62.2 Å². The highest BCUT2D eigenvalue weighted by Gasteiger charge is 2.31. The first kappa shape index (κ1) is 23.7. The minimum Gasteiger partial charge on any atom is -0.357 e. The van der Waals surface area contributed by atoms with Crippen LogP contribution in [-0.4, -0.2) is 49.0 Å². The first-order valence-electron chi connectivity index (χ1n) is 10.2. The lowest BCUT2D eigenvalue weighted by molar-refractivity contribution is -0.135. The number of carbonyl (C=O) groups is 1. The summed E-state index contributed by atoms with van der Waals surface area (Å²) in [7, 11) is 0. The molecule has 2 heterocycles. The van der Waals surface area contributed by atoms with Gasteiger partial charge in [-0.25, -0.2) is 0 Å². The summed E-state index contributed by atoms with van der Waals surface area (Å²) >= 11 is 7.60. The summed E-state index contributed by atoms with van der Waals surface area (Å²) in [5.74, 6) is 1.48. The molecular formula is C20H32ClIN4OS. The van der Waals surface area contributed by atoms with E-state index in [4.69, 9.17) is 16.6 Å². The molecule has 1 aliphatic carbocycles. The lowest BCUT2D eigenvalue weighted by atomic mass is 9.88. The number of hydrogen-bond donors (Lipinski definition) is 2. The van der Waals surface area contributed by atoms with Crippen LogP contribution < -0.4 is 10.6 Å². The molecule has 1 aliphatic heterocycles. The Balaban J connectivity index is 0.00000280. The first-order valence-corrected chi connectivity index (χ1v) is 11.4. The Kier molecular flexibility index (Phi) is 10.4. The van der Waals surface area contributed by atoms with Crippen molar-refractivity contribution >= 4 is 58.8 Å². The number of halogens is 2. The van der Waals surface area contributed by atoms with Crippen molar-refractivity contribution in [2.75, 3.05) is 26.2 Å². The summed E-state index contributed by atoms with van der Waals surface area (Å²) in [6.45, 7) is 5.28. The van der Waals surface area contributed by atoms with Crippen LogP contribution in [0.1, 0.15) is 50.3 Å². The maximum atomic E-state index is 12.7. The lowest BCUT2D eigenvalue weighted by Gasteiger charge is -2.26. The normalized spacial score (nSPS) is 20.7. The maximum absolute atomic E-state index is 12.7. The molecule has 2 fully saturated rings. The third-order valence-corrected chi connectivity index (χ3v) is 6.69. The van der Waals surface area contributed by atoms with Crippen molar-refractivity contribution in [1.29, 1.82) is 0 Å². The van der Waals surface area contributed by atoms with Gasteiger partial charge in [0.2, 0.25) is 5.91 Å². The van der Waals surface area contributed by atoms with Gasteiger partial charge in [-0.2, -0.15) is 0 Å². The predicted molar refractivity (Wildman–Crippen MR) is 129 cm³/mol. The molecule has 1 atom stereocenters. The summed E-state index contributed by atoms with van der Waals surface area (Å²) in [6.07, 6.45) is 7.73. The molecule has 0 radical (unpaired) electrons. The minimum absolute atomic E-state index is 0. The quantitative estimate of drug-likeness (QED) is 0.323. The number of guanidine groups is 1. The van der Waals surface area contributed by atoms with Gasteiger partial charge in [0.15, 0.2) is 5.96 Å². The van der Waals surface area contributed by atoms with Gasteiger partial charge in [-0.3, -0.25) is 9.79 Å². The molecule has 2 N–H and O–H groups in total. The van der Waals surface area contributed by atoms with E-state index in [-0.39, 0.29) is 35.9 Å². The van der Waals surface area contributed by atoms with Crippen molar-refractivity contribution in [3.63, 3.8) is 0 Å². The second kappa shape index (κ2) is 12.2. The average Bonchev–Trinajstić information content (AvgIpc) is 3.31. The van der Waals surface area contributed by atoms with Crippen molar-refractivity contribution < 1.29 is 4.79 Å². The number of nitrogens with zero attached hydrogens (tertiary/aromatic N) is 2. The van der Waals surface area contributed by atoms with Crippen molar-refractivity contribution in [3.8, 4) is 0 Å². The zero-order valence-corrected chi connectivity index (χ0v) is 20.5. The zero-order chi connectivity index (χ0) is 19.1. The second-order valence-corrected chi connectivity index (χ2v) is 9.27. The molecule has 158 valence electrons. The Morgan fingerprint density at radius 3 is 2.75 bits per heavy atom. The van der Waals surface area contributed by atoms with E-state index in [1.165, 1.54) is 24.1 Å². The van der Waals surface area contributed by atoms with Crippen LogP contribution in [0.25, 0.3) is 0 Å². The van der Waals surface area contributed by atoms with E-state index in [9.17, 15) is 4.79 Å². The number of thiophene rings is 1. The van der Waals surface area contributed by atoms with Crippen molar-refractivity contribution in [1.82, 2.24) is 15.5 Å². The number of nitrogens with one attached hydrogen (secondary N) is 2.